The van der Waals surface area contributed by atoms with Crippen molar-refractivity contribution in [3.8, 4) is 10.8 Å². The van der Waals surface area contributed by atoms with E-state index in [2.05, 4.69) is 11.9 Å². The van der Waals surface area contributed by atoms with E-state index in [0.717, 1.165) is 17.7 Å². The van der Waals surface area contributed by atoms with E-state index in [4.69, 9.17) is 9.15 Å². The van der Waals surface area contributed by atoms with Crippen LogP contribution in [0.25, 0.3) is 10.8 Å². The lowest BCUT2D eigenvalue weighted by atomic mass is 10.1. The Morgan fingerprint density at radius 2 is 1.96 bits per heavy atom. The van der Waals surface area contributed by atoms with Crippen molar-refractivity contribution >= 4 is 23.1 Å². The zero-order valence-electron chi connectivity index (χ0n) is 15.4. The molecule has 5 nitrogen and oxygen atoms in total. The van der Waals surface area contributed by atoms with E-state index in [0.29, 0.717) is 22.9 Å². The standard InChI is InChI=1S/C21H21NO4S/c1-3-5-15-7-9-16(10-8-15)18(23)13-25-20(24)12-17-14(2)26-21(22-17)19-6-4-11-27-19/h4,6-11H,3,5,12-13H2,1-2H3. The molecular weight excluding hydrogens is 362 g/mol. The first-order valence-electron chi connectivity index (χ1n) is 8.84. The summed E-state index contributed by atoms with van der Waals surface area (Å²) in [6.45, 7) is 3.59. The largest absolute Gasteiger partial charge is 0.457 e. The van der Waals surface area contributed by atoms with Crippen molar-refractivity contribution in [1.29, 1.82) is 0 Å². The molecule has 0 aliphatic heterocycles. The van der Waals surface area contributed by atoms with E-state index in [1.54, 1.807) is 19.1 Å². The molecule has 140 valence electrons. The van der Waals surface area contributed by atoms with E-state index >= 15 is 0 Å². The topological polar surface area (TPSA) is 69.4 Å². The summed E-state index contributed by atoms with van der Waals surface area (Å²) < 4.78 is 10.7. The zero-order chi connectivity index (χ0) is 19.2. The average molecular weight is 383 g/mol. The molecule has 2 aromatic heterocycles. The highest BCUT2D eigenvalue weighted by molar-refractivity contribution is 7.13. The van der Waals surface area contributed by atoms with Gasteiger partial charge in [0, 0.05) is 5.56 Å². The number of ether oxygens (including phenoxy) is 1. The lowest BCUT2D eigenvalue weighted by Gasteiger charge is -2.05. The fourth-order valence-corrected chi connectivity index (χ4v) is 3.31. The number of thiophene rings is 1. The molecule has 3 aromatic rings. The van der Waals surface area contributed by atoms with Gasteiger partial charge < -0.3 is 9.15 Å². The van der Waals surface area contributed by atoms with Crippen molar-refractivity contribution in [3.05, 3.63) is 64.4 Å². The van der Waals surface area contributed by atoms with Gasteiger partial charge in [0.05, 0.1) is 17.0 Å². The molecule has 27 heavy (non-hydrogen) atoms. The Hall–Kier alpha value is -2.73. The van der Waals surface area contributed by atoms with E-state index in [1.165, 1.54) is 16.9 Å². The number of hydrogen-bond donors (Lipinski definition) is 0. The number of rotatable bonds is 8. The zero-order valence-corrected chi connectivity index (χ0v) is 16.2. The molecule has 0 aliphatic rings. The van der Waals surface area contributed by atoms with Crippen LogP contribution in [-0.4, -0.2) is 23.3 Å². The predicted octanol–water partition coefficient (Wildman–Crippen LogP) is 4.63. The third kappa shape index (κ3) is 4.92. The van der Waals surface area contributed by atoms with Crippen molar-refractivity contribution in [2.45, 2.75) is 33.1 Å². The first-order chi connectivity index (χ1) is 13.1. The molecule has 0 unspecified atom stereocenters. The summed E-state index contributed by atoms with van der Waals surface area (Å²) in [5.41, 5.74) is 2.26. The van der Waals surface area contributed by atoms with Crippen LogP contribution in [-0.2, 0) is 22.4 Å². The normalized spacial score (nSPS) is 10.7. The van der Waals surface area contributed by atoms with Gasteiger partial charge in [0.15, 0.2) is 12.4 Å². The third-order valence-electron chi connectivity index (χ3n) is 4.12. The molecular formula is C21H21NO4S. The second kappa shape index (κ2) is 8.77. The van der Waals surface area contributed by atoms with Crippen molar-refractivity contribution in [1.82, 2.24) is 4.98 Å². The molecule has 2 heterocycles. The van der Waals surface area contributed by atoms with Gasteiger partial charge >= 0.3 is 5.97 Å². The van der Waals surface area contributed by atoms with Crippen molar-refractivity contribution < 1.29 is 18.7 Å². The van der Waals surface area contributed by atoms with Crippen LogP contribution in [0.1, 0.15) is 40.7 Å². The fourth-order valence-electron chi connectivity index (χ4n) is 2.66. The third-order valence-corrected chi connectivity index (χ3v) is 4.97. The van der Waals surface area contributed by atoms with Crippen LogP contribution in [0.3, 0.4) is 0 Å². The minimum absolute atomic E-state index is 0.0244. The maximum Gasteiger partial charge on any atom is 0.312 e. The van der Waals surface area contributed by atoms with Crippen LogP contribution in [0.2, 0.25) is 0 Å². The lowest BCUT2D eigenvalue weighted by molar-refractivity contribution is -0.141. The fraction of sp³-hybridized carbons (Fsp3) is 0.286. The van der Waals surface area contributed by atoms with Crippen LogP contribution in [0.5, 0.6) is 0 Å². The summed E-state index contributed by atoms with van der Waals surface area (Å²) in [5, 5.41) is 1.93. The minimum Gasteiger partial charge on any atom is -0.457 e. The number of aryl methyl sites for hydroxylation is 2. The first kappa shape index (κ1) is 19.0. The van der Waals surface area contributed by atoms with Gasteiger partial charge in [-0.1, -0.05) is 43.7 Å². The number of oxazole rings is 1. The molecule has 0 bridgehead atoms. The van der Waals surface area contributed by atoms with E-state index in [1.807, 2.05) is 29.6 Å². The Morgan fingerprint density at radius 3 is 2.63 bits per heavy atom. The number of Topliss-reactive ketones (excluding diaryl/α,β-unsaturated/α-hetero) is 1. The summed E-state index contributed by atoms with van der Waals surface area (Å²) in [6, 6.07) is 11.2. The van der Waals surface area contributed by atoms with E-state index < -0.39 is 5.97 Å². The Labute approximate surface area is 162 Å². The highest BCUT2D eigenvalue weighted by atomic mass is 32.1. The number of aromatic nitrogens is 1. The highest BCUT2D eigenvalue weighted by Crippen LogP contribution is 2.26. The van der Waals surface area contributed by atoms with Gasteiger partial charge in [-0.25, -0.2) is 4.98 Å². The van der Waals surface area contributed by atoms with Crippen LogP contribution >= 0.6 is 11.3 Å². The molecule has 0 aliphatic carbocycles. The van der Waals surface area contributed by atoms with Gasteiger partial charge in [0.1, 0.15) is 5.76 Å². The molecule has 0 spiro atoms. The molecule has 0 N–H and O–H groups in total. The number of hydrogen-bond acceptors (Lipinski definition) is 6. The monoisotopic (exact) mass is 383 g/mol. The summed E-state index contributed by atoms with van der Waals surface area (Å²) in [4.78, 5) is 29.5. The smallest absolute Gasteiger partial charge is 0.312 e. The minimum atomic E-state index is -0.500. The molecule has 0 amide bonds. The molecule has 1 aromatic carbocycles. The van der Waals surface area contributed by atoms with Gasteiger partial charge in [-0.15, -0.1) is 11.3 Å². The second-order valence-corrected chi connectivity index (χ2v) is 7.15. The van der Waals surface area contributed by atoms with Crippen LogP contribution in [0, 0.1) is 6.92 Å². The Kier molecular flexibility index (Phi) is 6.19. The van der Waals surface area contributed by atoms with Crippen LogP contribution in [0.4, 0.5) is 0 Å². The average Bonchev–Trinajstić information content (AvgIpc) is 3.31. The Bertz CT molecular complexity index is 910. The Morgan fingerprint density at radius 1 is 1.19 bits per heavy atom. The number of benzene rings is 1. The molecule has 3 rings (SSSR count). The highest BCUT2D eigenvalue weighted by Gasteiger charge is 2.17. The molecule has 0 saturated heterocycles. The quantitative estimate of drug-likeness (QED) is 0.419. The summed E-state index contributed by atoms with van der Waals surface area (Å²) in [6.07, 6.45) is 2.01. The number of carbonyl (C=O) groups excluding carboxylic acids is 2. The maximum atomic E-state index is 12.2. The number of carbonyl (C=O) groups is 2. The predicted molar refractivity (Wildman–Crippen MR) is 104 cm³/mol. The Balaban J connectivity index is 1.54. The van der Waals surface area contributed by atoms with Gasteiger partial charge in [-0.2, -0.15) is 0 Å². The molecule has 0 saturated carbocycles. The van der Waals surface area contributed by atoms with Crippen molar-refractivity contribution in [2.24, 2.45) is 0 Å². The summed E-state index contributed by atoms with van der Waals surface area (Å²) >= 11 is 1.52. The van der Waals surface area contributed by atoms with Crippen LogP contribution < -0.4 is 0 Å². The molecule has 0 atom stereocenters. The SMILES string of the molecule is CCCc1ccc(C(=O)COC(=O)Cc2nc(-c3cccs3)oc2C)cc1. The summed E-state index contributed by atoms with van der Waals surface area (Å²) in [5.74, 6) is 0.351. The summed E-state index contributed by atoms with van der Waals surface area (Å²) in [7, 11) is 0. The van der Waals surface area contributed by atoms with Crippen molar-refractivity contribution in [2.75, 3.05) is 6.61 Å². The molecule has 6 heteroatoms. The lowest BCUT2D eigenvalue weighted by Crippen LogP contribution is -2.16. The second-order valence-electron chi connectivity index (χ2n) is 6.21. The number of ketones is 1. The van der Waals surface area contributed by atoms with E-state index in [9.17, 15) is 9.59 Å². The maximum absolute atomic E-state index is 12.2. The van der Waals surface area contributed by atoms with Gasteiger partial charge in [0.2, 0.25) is 5.89 Å². The molecule has 0 fully saturated rings. The van der Waals surface area contributed by atoms with Gasteiger partial charge in [-0.3, -0.25) is 9.59 Å². The van der Waals surface area contributed by atoms with Crippen LogP contribution in [0.15, 0.2) is 46.2 Å². The molecule has 0 radical (unpaired) electrons. The van der Waals surface area contributed by atoms with Crippen molar-refractivity contribution in [3.63, 3.8) is 0 Å². The van der Waals surface area contributed by atoms with Gasteiger partial charge in [0.25, 0.3) is 0 Å². The van der Waals surface area contributed by atoms with E-state index in [-0.39, 0.29) is 18.8 Å². The first-order valence-corrected chi connectivity index (χ1v) is 9.72. The van der Waals surface area contributed by atoms with Gasteiger partial charge in [-0.05, 0) is 30.4 Å². The number of nitrogens with zero attached hydrogens (tertiary/aromatic N) is 1. The number of esters is 1.